The van der Waals surface area contributed by atoms with Gasteiger partial charge in [-0.05, 0) is 164 Å². The van der Waals surface area contributed by atoms with Crippen molar-refractivity contribution in [3.63, 3.8) is 0 Å². The summed E-state index contributed by atoms with van der Waals surface area (Å²) in [4.78, 5) is 76.7. The minimum atomic E-state index is -1.13. The third-order valence-corrected chi connectivity index (χ3v) is 19.3. The monoisotopic (exact) mass is 1670 g/mol. The van der Waals surface area contributed by atoms with Gasteiger partial charge < -0.3 is 51.1 Å². The molecule has 5 aromatic carbocycles. The van der Waals surface area contributed by atoms with Crippen LogP contribution < -0.4 is 0 Å². The fourth-order valence-corrected chi connectivity index (χ4v) is 13.3. The van der Waals surface area contributed by atoms with Crippen LogP contribution in [0.25, 0.3) is 112 Å². The summed E-state index contributed by atoms with van der Waals surface area (Å²) in [7, 11) is 0. The van der Waals surface area contributed by atoms with E-state index >= 15 is 0 Å². The lowest BCUT2D eigenvalue weighted by Crippen LogP contribution is -2.02. The molecule has 30 nitrogen and oxygen atoms in total. The smallest absolute Gasteiger partial charge is 0.337 e. The van der Waals surface area contributed by atoms with Crippen LogP contribution >= 0.6 is 23.2 Å². The molecule has 0 spiro atoms. The number of benzene rings is 5. The second-order valence-corrected chi connectivity index (χ2v) is 27.4. The minimum Gasteiger partial charge on any atom is -0.478 e. The van der Waals surface area contributed by atoms with Crippen molar-refractivity contribution in [2.24, 2.45) is 0 Å². The van der Waals surface area contributed by atoms with Gasteiger partial charge in [-0.2, -0.15) is 25.5 Å². The molecule has 0 aliphatic heterocycles. The Bertz CT molecular complexity index is 5680. The molecular weight excluding hydrogens is 1600 g/mol. The molecule has 10 N–H and O–H groups in total. The molecule has 0 aliphatic rings. The molecule has 0 radical (unpaired) electrons. The Labute approximate surface area is 699 Å². The number of aliphatic hydroxyl groups excluding tert-OH is 5. The fraction of sp³-hybridized carbons (Fsp3) is 0.148. The van der Waals surface area contributed by atoms with Gasteiger partial charge in [0.15, 0.2) is 0 Å². The van der Waals surface area contributed by atoms with Crippen molar-refractivity contribution in [2.75, 3.05) is 33.0 Å². The van der Waals surface area contributed by atoms with Gasteiger partial charge >= 0.3 is 29.8 Å². The van der Waals surface area contributed by atoms with E-state index in [2.05, 4.69) is 50.4 Å². The van der Waals surface area contributed by atoms with Gasteiger partial charge in [0.1, 0.15) is 34.3 Å². The summed E-state index contributed by atoms with van der Waals surface area (Å²) >= 11 is 12.6. The molecule has 0 bridgehead atoms. The summed E-state index contributed by atoms with van der Waals surface area (Å²) < 4.78 is 22.4. The highest BCUT2D eigenvalue weighted by Gasteiger charge is 2.25. The number of halogens is 3. The SMILES string of the molecule is Cc1cc(-c2nn(CCO)cc2-c2cccc(C(=O)O)c2C)ccn1.Cc1ccc(C(=O)O)cc1-c1cn(CCO)nc1-c1ccncc1.O=C(O)c1ccc(Cl)c(-c2cn(CCO)nc2-c2ccncc2)c1.O=C(O)c1ccc(F)c(-c2cn(CCO)nc2-c2ccncc2)c1.O=C(O)c1cccc(-c2cn(CCO)nc2-c2ccncc2)c1Cl. The number of pyridine rings is 5. The zero-order valence-electron chi connectivity index (χ0n) is 64.9. The van der Waals surface area contributed by atoms with Crippen molar-refractivity contribution in [1.82, 2.24) is 73.8 Å². The second-order valence-electron chi connectivity index (χ2n) is 26.6. The fourth-order valence-electron chi connectivity index (χ4n) is 12.8. The largest absolute Gasteiger partial charge is 0.478 e. The molecular formula is C88H78Cl2FN15O15. The second kappa shape index (κ2) is 41.1. The predicted molar refractivity (Wildman–Crippen MR) is 449 cm³/mol. The number of aromatic carboxylic acids is 5. The molecule has 0 saturated carbocycles. The average Bonchev–Trinajstić information content (AvgIpc) is 1.70. The minimum absolute atomic E-state index is 0.0120. The number of aromatic nitrogens is 15. The third-order valence-electron chi connectivity index (χ3n) is 18.6. The predicted octanol–water partition coefficient (Wildman–Crippen LogP) is 13.9. The van der Waals surface area contributed by atoms with E-state index in [1.807, 2.05) is 80.8 Å². The molecule has 33 heteroatoms. The first-order valence-electron chi connectivity index (χ1n) is 37.1. The molecule has 121 heavy (non-hydrogen) atoms. The van der Waals surface area contributed by atoms with Gasteiger partial charge in [0.2, 0.25) is 0 Å². The molecule has 15 rings (SSSR count). The number of aryl methyl sites for hydroxylation is 2. The normalized spacial score (nSPS) is 10.8. The van der Waals surface area contributed by atoms with Gasteiger partial charge in [0.05, 0.1) is 98.6 Å². The van der Waals surface area contributed by atoms with E-state index in [9.17, 15) is 59.0 Å². The summed E-state index contributed by atoms with van der Waals surface area (Å²) in [5.41, 5.74) is 17.0. The van der Waals surface area contributed by atoms with E-state index in [1.165, 1.54) is 35.0 Å². The van der Waals surface area contributed by atoms with Crippen LogP contribution in [0.5, 0.6) is 0 Å². The van der Waals surface area contributed by atoms with Gasteiger partial charge in [-0.25, -0.2) is 28.4 Å². The van der Waals surface area contributed by atoms with E-state index in [0.29, 0.717) is 81.7 Å². The van der Waals surface area contributed by atoms with Crippen molar-refractivity contribution in [3.8, 4) is 112 Å². The van der Waals surface area contributed by atoms with E-state index in [4.69, 9.17) is 43.6 Å². The molecule has 0 aliphatic carbocycles. The van der Waals surface area contributed by atoms with E-state index in [0.717, 1.165) is 78.8 Å². The number of carboxylic acid groups (broad SMARTS) is 5. The maximum atomic E-state index is 14.3. The Kier molecular flexibility index (Phi) is 29.7. The van der Waals surface area contributed by atoms with E-state index in [-0.39, 0.29) is 78.0 Å². The van der Waals surface area contributed by atoms with Crippen LogP contribution in [0.1, 0.15) is 68.6 Å². The average molecular weight is 1680 g/mol. The van der Waals surface area contributed by atoms with Crippen LogP contribution in [-0.2, 0) is 32.7 Å². The van der Waals surface area contributed by atoms with E-state index < -0.39 is 35.7 Å². The van der Waals surface area contributed by atoms with Crippen molar-refractivity contribution in [3.05, 3.63) is 299 Å². The summed E-state index contributed by atoms with van der Waals surface area (Å²) in [6, 6.07) is 41.5. The molecule has 0 amide bonds. The number of carboxylic acids is 5. The van der Waals surface area contributed by atoms with Crippen LogP contribution in [-0.4, -0.2) is 188 Å². The number of hydrogen-bond donors (Lipinski definition) is 10. The van der Waals surface area contributed by atoms with Gasteiger partial charge in [-0.3, -0.25) is 48.3 Å². The maximum Gasteiger partial charge on any atom is 0.337 e. The first kappa shape index (κ1) is 87.4. The molecule has 0 fully saturated rings. The lowest BCUT2D eigenvalue weighted by atomic mass is 9.95. The zero-order chi connectivity index (χ0) is 86.4. The van der Waals surface area contributed by atoms with Gasteiger partial charge in [-0.15, -0.1) is 0 Å². The Morgan fingerprint density at radius 1 is 0.331 bits per heavy atom. The standard InChI is InChI=1S/C19H19N3O3.C18H17N3O3.2C17H14ClN3O3.C17H14FN3O3/c1-12-10-14(6-7-20-12)18-17(11-22(21-18)8-9-23)15-4-3-5-16(13(15)2)19(24)25;1-12-2-3-14(18(23)24)10-15(12)16-11-21(8-9-22)20-17(16)13-4-6-19-7-5-13;18-15-2-1-12(17(23)24)9-13(15)14-10-21(7-8-22)20-16(14)11-3-5-19-6-4-11;18-15-12(2-1-3-13(15)17(23)24)14-10-21(8-9-22)20-16(14)11-4-6-19-7-5-11;18-15-2-1-12(17(23)24)9-13(15)14-10-21(7-8-22)20-16(14)11-3-5-19-6-4-11/h3-7,10-11,23H,8-9H2,1-2H3,(H,24,25);2-7,10-11,22H,8-9H2,1H3,(H,23,24);1-6,9-10,22H,7-8H2,(H,23,24);1-7,10,22H,8-9H2,(H,23,24);1-6,9-10,22H,7-8H2,(H,23,24). The Morgan fingerprint density at radius 3 is 1.04 bits per heavy atom. The lowest BCUT2D eigenvalue weighted by molar-refractivity contribution is 0.0685. The number of rotatable bonds is 25. The van der Waals surface area contributed by atoms with Crippen LogP contribution in [0.3, 0.4) is 0 Å². The van der Waals surface area contributed by atoms with Crippen molar-refractivity contribution in [1.29, 1.82) is 0 Å². The van der Waals surface area contributed by atoms with Crippen LogP contribution in [0.2, 0.25) is 10.0 Å². The van der Waals surface area contributed by atoms with Crippen molar-refractivity contribution >= 4 is 53.0 Å². The lowest BCUT2D eigenvalue weighted by Gasteiger charge is -2.09. The molecule has 10 aromatic heterocycles. The first-order valence-corrected chi connectivity index (χ1v) is 37.9. The summed E-state index contributed by atoms with van der Waals surface area (Å²) in [5.74, 6) is -5.72. The summed E-state index contributed by atoms with van der Waals surface area (Å²) in [6.45, 7) is 7.00. The highest BCUT2D eigenvalue weighted by atomic mass is 35.5. The maximum absolute atomic E-state index is 14.3. The molecule has 0 unspecified atom stereocenters. The quantitative estimate of drug-likeness (QED) is 0.0254. The molecule has 15 aromatic rings. The van der Waals surface area contributed by atoms with Crippen LogP contribution in [0.15, 0.2) is 238 Å². The van der Waals surface area contributed by atoms with Gasteiger partial charge in [0.25, 0.3) is 0 Å². The summed E-state index contributed by atoms with van der Waals surface area (Å²) in [5, 5.41) is 115. The van der Waals surface area contributed by atoms with Gasteiger partial charge in [0, 0.05) is 170 Å². The number of nitrogens with zero attached hydrogens (tertiary/aromatic N) is 15. The number of hydrogen-bond acceptors (Lipinski definition) is 20. The Balaban J connectivity index is 0.000000148. The molecule has 616 valence electrons. The van der Waals surface area contributed by atoms with Crippen LogP contribution in [0.4, 0.5) is 4.39 Å². The molecule has 10 heterocycles. The zero-order valence-corrected chi connectivity index (χ0v) is 66.5. The third kappa shape index (κ3) is 21.5. The number of aliphatic hydroxyl groups is 5. The van der Waals surface area contributed by atoms with Crippen LogP contribution in [0, 0.1) is 26.6 Å². The van der Waals surface area contributed by atoms with Gasteiger partial charge in [-0.1, -0.05) is 53.5 Å². The number of carbonyl (C=O) groups is 5. The van der Waals surface area contributed by atoms with Crippen molar-refractivity contribution in [2.45, 2.75) is 53.5 Å². The summed E-state index contributed by atoms with van der Waals surface area (Å²) in [6.07, 6.45) is 23.7. The molecule has 0 saturated heterocycles. The molecule has 0 atom stereocenters. The Hall–Kier alpha value is -14.4. The highest BCUT2D eigenvalue weighted by molar-refractivity contribution is 6.36. The highest BCUT2D eigenvalue weighted by Crippen LogP contribution is 2.41. The van der Waals surface area contributed by atoms with E-state index in [1.54, 1.807) is 161 Å². The Morgan fingerprint density at radius 2 is 0.653 bits per heavy atom. The topological polar surface area (TPSA) is 441 Å². The van der Waals surface area contributed by atoms with Crippen molar-refractivity contribution < 1.29 is 79.4 Å². The first-order chi connectivity index (χ1) is 58.4.